The summed E-state index contributed by atoms with van der Waals surface area (Å²) in [7, 11) is -1.21. The van der Waals surface area contributed by atoms with Crippen LogP contribution in [-0.4, -0.2) is 35.5 Å². The summed E-state index contributed by atoms with van der Waals surface area (Å²) in [5.74, 6) is 0.817. The molecule has 10 heteroatoms. The Hall–Kier alpha value is -1.58. The predicted octanol–water partition coefficient (Wildman–Crippen LogP) is 7.27. The van der Waals surface area contributed by atoms with Crippen LogP contribution >= 0.6 is 35.0 Å². The van der Waals surface area contributed by atoms with Crippen molar-refractivity contribution in [1.82, 2.24) is 14.5 Å². The molecule has 1 N–H and O–H groups in total. The third-order valence-electron chi connectivity index (χ3n) is 5.08. The number of hydrogen-bond acceptors (Lipinski definition) is 5. The van der Waals surface area contributed by atoms with Crippen LogP contribution in [0.3, 0.4) is 0 Å². The minimum Gasteiger partial charge on any atom is -0.361 e. The predicted molar refractivity (Wildman–Crippen MR) is 139 cm³/mol. The van der Waals surface area contributed by atoms with Crippen molar-refractivity contribution in [3.63, 3.8) is 0 Å². The first-order valence-corrected chi connectivity index (χ1v) is 16.3. The Morgan fingerprint density at radius 2 is 1.97 bits per heavy atom. The van der Waals surface area contributed by atoms with E-state index >= 15 is 0 Å². The lowest BCUT2D eigenvalue weighted by atomic mass is 10.1. The Labute approximate surface area is 210 Å². The molecule has 0 amide bonds. The molecule has 2 heterocycles. The first kappa shape index (κ1) is 26.0. The van der Waals surface area contributed by atoms with E-state index in [0.717, 1.165) is 16.8 Å². The van der Waals surface area contributed by atoms with Gasteiger partial charge in [0, 0.05) is 20.9 Å². The summed E-state index contributed by atoms with van der Waals surface area (Å²) in [5.41, 5.74) is 1.56. The van der Waals surface area contributed by atoms with Gasteiger partial charge in [0.15, 0.2) is 0 Å². The van der Waals surface area contributed by atoms with Crippen LogP contribution in [0.25, 0.3) is 0 Å². The molecule has 0 bridgehead atoms. The summed E-state index contributed by atoms with van der Waals surface area (Å²) in [6, 6.07) is 8.89. The fourth-order valence-electron chi connectivity index (χ4n) is 3.31. The van der Waals surface area contributed by atoms with Gasteiger partial charge < -0.3 is 10.1 Å². The molecule has 3 aromatic rings. The highest BCUT2D eigenvalue weighted by Gasteiger charge is 2.25. The van der Waals surface area contributed by atoms with Gasteiger partial charge >= 0.3 is 0 Å². The van der Waals surface area contributed by atoms with Gasteiger partial charge in [-0.1, -0.05) is 48.9 Å². The zero-order chi connectivity index (χ0) is 24.2. The van der Waals surface area contributed by atoms with Crippen molar-refractivity contribution in [2.45, 2.75) is 50.4 Å². The Kier molecular flexibility index (Phi) is 8.86. The molecule has 0 radical (unpaired) electrons. The summed E-state index contributed by atoms with van der Waals surface area (Å²) < 4.78 is 22.5. The normalized spacial score (nSPS) is 12.7. The number of aryl methyl sites for hydroxylation is 1. The third kappa shape index (κ3) is 6.96. The summed E-state index contributed by atoms with van der Waals surface area (Å²) in [4.78, 5) is 9.21. The molecule has 0 saturated heterocycles. The number of halogens is 3. The topological polar surface area (TPSA) is 52.0 Å². The van der Waals surface area contributed by atoms with Gasteiger partial charge in [-0.05, 0) is 49.1 Å². The Morgan fingerprint density at radius 3 is 2.58 bits per heavy atom. The molecule has 33 heavy (non-hydrogen) atoms. The number of ether oxygens (including phenoxy) is 1. The van der Waals surface area contributed by atoms with Gasteiger partial charge in [0.25, 0.3) is 0 Å². The van der Waals surface area contributed by atoms with E-state index in [0.29, 0.717) is 35.6 Å². The van der Waals surface area contributed by atoms with Crippen molar-refractivity contribution >= 4 is 48.9 Å². The van der Waals surface area contributed by atoms with Gasteiger partial charge in [0.2, 0.25) is 0 Å². The highest BCUT2D eigenvalue weighted by molar-refractivity contribution is 7.98. The van der Waals surface area contributed by atoms with Crippen molar-refractivity contribution < 1.29 is 9.13 Å². The number of benzene rings is 1. The van der Waals surface area contributed by atoms with Crippen molar-refractivity contribution in [3.8, 4) is 0 Å². The van der Waals surface area contributed by atoms with Crippen LogP contribution in [-0.2, 0) is 11.5 Å². The Bertz CT molecular complexity index is 1090. The number of imidazole rings is 1. The number of aromatic nitrogens is 3. The largest absolute Gasteiger partial charge is 0.361 e. The molecular formula is C23H29Cl2FN4OSSi. The number of hydrogen-bond donors (Lipinski definition) is 1. The molecule has 5 nitrogen and oxygen atoms in total. The average molecular weight is 528 g/mol. The van der Waals surface area contributed by atoms with E-state index < -0.39 is 19.9 Å². The molecule has 1 aromatic carbocycles. The highest BCUT2D eigenvalue weighted by atomic mass is 35.5. The van der Waals surface area contributed by atoms with Gasteiger partial charge in [-0.3, -0.25) is 4.57 Å². The monoisotopic (exact) mass is 526 g/mol. The maximum absolute atomic E-state index is 14.4. The lowest BCUT2D eigenvalue weighted by Gasteiger charge is -2.22. The Morgan fingerprint density at radius 1 is 1.21 bits per heavy atom. The van der Waals surface area contributed by atoms with Crippen molar-refractivity contribution in [3.05, 3.63) is 69.5 Å². The second-order valence-corrected chi connectivity index (χ2v) is 16.2. The summed E-state index contributed by atoms with van der Waals surface area (Å²) in [6.45, 7) is 9.99. The van der Waals surface area contributed by atoms with Gasteiger partial charge in [-0.2, -0.15) is 0 Å². The first-order valence-electron chi connectivity index (χ1n) is 10.6. The molecule has 0 aliphatic rings. The minimum atomic E-state index is -1.21. The number of anilines is 1. The van der Waals surface area contributed by atoms with Crippen molar-refractivity contribution in [1.29, 1.82) is 0 Å². The number of thioether (sulfide) groups is 1. The molecule has 0 aliphatic heterocycles. The van der Waals surface area contributed by atoms with Gasteiger partial charge in [0.1, 0.15) is 30.2 Å². The SMILES string of the molecule is CSc1c(C)nc(C(Nc2ccc(Cl)cn2)c2ccc(Cl)c(F)c2)n1COCC[Si](C)(C)C. The van der Waals surface area contributed by atoms with Crippen LogP contribution in [0.1, 0.15) is 23.1 Å². The quantitative estimate of drug-likeness (QED) is 0.171. The standard InChI is InChI=1S/C23H29Cl2FN4OSSi/c1-15-23(32-2)30(14-31-10-11-33(3,4)5)22(28-15)21(16-6-8-18(25)19(26)12-16)29-20-9-7-17(24)13-27-20/h6-9,12-13,21H,10-11,14H2,1-5H3,(H,27,29). The van der Waals surface area contributed by atoms with Crippen LogP contribution in [0.2, 0.25) is 35.7 Å². The van der Waals surface area contributed by atoms with Crippen LogP contribution in [0.4, 0.5) is 10.2 Å². The molecule has 0 aliphatic carbocycles. The second-order valence-electron chi connectivity index (χ2n) is 8.95. The van der Waals surface area contributed by atoms with Gasteiger partial charge in [-0.25, -0.2) is 14.4 Å². The Balaban J connectivity index is 2.01. The summed E-state index contributed by atoms with van der Waals surface area (Å²) >= 11 is 13.6. The number of nitrogens with zero attached hydrogens (tertiary/aromatic N) is 3. The minimum absolute atomic E-state index is 0.0705. The lowest BCUT2D eigenvalue weighted by Crippen LogP contribution is -2.23. The molecule has 1 atom stereocenters. The molecular weight excluding hydrogens is 498 g/mol. The van der Waals surface area contributed by atoms with E-state index in [1.54, 1.807) is 42.2 Å². The number of rotatable bonds is 10. The van der Waals surface area contributed by atoms with E-state index in [-0.39, 0.29) is 5.02 Å². The molecule has 0 saturated carbocycles. The van der Waals surface area contributed by atoms with Crippen LogP contribution in [0, 0.1) is 12.7 Å². The van der Waals surface area contributed by atoms with Crippen LogP contribution in [0.15, 0.2) is 41.6 Å². The fourth-order valence-corrected chi connectivity index (χ4v) is 5.01. The zero-order valence-corrected chi connectivity index (χ0v) is 22.8. The maximum Gasteiger partial charge on any atom is 0.142 e. The molecule has 0 fully saturated rings. The maximum atomic E-state index is 14.4. The van der Waals surface area contributed by atoms with Gasteiger partial charge in [-0.15, -0.1) is 11.8 Å². The summed E-state index contributed by atoms with van der Waals surface area (Å²) in [5, 5.41) is 4.99. The average Bonchev–Trinajstić information content (AvgIpc) is 3.07. The molecule has 3 rings (SSSR count). The van der Waals surface area contributed by atoms with E-state index in [2.05, 4.69) is 29.9 Å². The number of nitrogens with one attached hydrogen (secondary N) is 1. The van der Waals surface area contributed by atoms with E-state index in [1.807, 2.05) is 17.7 Å². The van der Waals surface area contributed by atoms with Crippen LogP contribution in [0.5, 0.6) is 0 Å². The molecule has 0 spiro atoms. The van der Waals surface area contributed by atoms with E-state index in [4.69, 9.17) is 32.9 Å². The molecule has 2 aromatic heterocycles. The smallest absolute Gasteiger partial charge is 0.142 e. The lowest BCUT2D eigenvalue weighted by molar-refractivity contribution is 0.0794. The van der Waals surface area contributed by atoms with Gasteiger partial charge in [0.05, 0.1) is 20.8 Å². The molecule has 1 unspecified atom stereocenters. The van der Waals surface area contributed by atoms with Crippen LogP contribution < -0.4 is 5.32 Å². The third-order valence-corrected chi connectivity index (χ3v) is 8.22. The molecule has 178 valence electrons. The fraction of sp³-hybridized carbons (Fsp3) is 0.391. The highest BCUT2D eigenvalue weighted by Crippen LogP contribution is 2.32. The summed E-state index contributed by atoms with van der Waals surface area (Å²) in [6.07, 6.45) is 3.57. The first-order chi connectivity index (χ1) is 15.6. The van der Waals surface area contributed by atoms with E-state index in [1.165, 1.54) is 6.07 Å². The number of pyridine rings is 1. The second kappa shape index (κ2) is 11.2. The van der Waals surface area contributed by atoms with Crippen molar-refractivity contribution in [2.75, 3.05) is 18.2 Å². The zero-order valence-electron chi connectivity index (χ0n) is 19.5. The van der Waals surface area contributed by atoms with Crippen molar-refractivity contribution in [2.24, 2.45) is 0 Å². The van der Waals surface area contributed by atoms with E-state index in [9.17, 15) is 4.39 Å².